The molecule has 0 aliphatic carbocycles. The van der Waals surface area contributed by atoms with E-state index in [4.69, 9.17) is 16.6 Å². The number of hydrogen-bond acceptors (Lipinski definition) is 5. The second-order valence-electron chi connectivity index (χ2n) is 6.08. The number of aromatic nitrogens is 4. The summed E-state index contributed by atoms with van der Waals surface area (Å²) in [5, 5.41) is 2.43. The molecule has 0 spiro atoms. The second kappa shape index (κ2) is 7.42. The van der Waals surface area contributed by atoms with Gasteiger partial charge >= 0.3 is 0 Å². The van der Waals surface area contributed by atoms with Crippen LogP contribution in [0.1, 0.15) is 16.2 Å². The van der Waals surface area contributed by atoms with E-state index >= 15 is 0 Å². The van der Waals surface area contributed by atoms with Crippen molar-refractivity contribution in [1.29, 1.82) is 0 Å². The fraction of sp³-hybridized carbons (Fsp3) is 0.100. The van der Waals surface area contributed by atoms with Gasteiger partial charge in [0.25, 0.3) is 0 Å². The van der Waals surface area contributed by atoms with E-state index in [9.17, 15) is 4.79 Å². The van der Waals surface area contributed by atoms with Gasteiger partial charge in [0.15, 0.2) is 5.78 Å². The molecule has 0 saturated heterocycles. The van der Waals surface area contributed by atoms with Crippen molar-refractivity contribution in [2.75, 3.05) is 0 Å². The summed E-state index contributed by atoms with van der Waals surface area (Å²) in [6.45, 7) is 0. The number of carbonyl (C=O) groups excluding carboxylic acids is 1. The number of aryl methyl sites for hydroxylation is 1. The molecule has 134 valence electrons. The zero-order valence-corrected chi connectivity index (χ0v) is 16.0. The van der Waals surface area contributed by atoms with Crippen LogP contribution in [-0.4, -0.2) is 25.3 Å². The van der Waals surface area contributed by atoms with E-state index < -0.39 is 0 Å². The van der Waals surface area contributed by atoms with E-state index in [1.54, 1.807) is 17.1 Å². The number of Topliss-reactive ketones (excluding diaryl/α,β-unsaturated/α-hetero) is 1. The van der Waals surface area contributed by atoms with Crippen molar-refractivity contribution >= 4 is 28.7 Å². The summed E-state index contributed by atoms with van der Waals surface area (Å²) in [6.07, 6.45) is 3.94. The van der Waals surface area contributed by atoms with Crippen LogP contribution < -0.4 is 0 Å². The molecular formula is C20H15ClN4OS. The summed E-state index contributed by atoms with van der Waals surface area (Å²) in [7, 11) is 1.94. The first-order chi connectivity index (χ1) is 13.1. The number of halogens is 1. The van der Waals surface area contributed by atoms with Gasteiger partial charge in [0.2, 0.25) is 0 Å². The van der Waals surface area contributed by atoms with E-state index in [-0.39, 0.29) is 12.2 Å². The molecule has 0 aliphatic rings. The van der Waals surface area contributed by atoms with E-state index in [1.165, 1.54) is 11.3 Å². The van der Waals surface area contributed by atoms with Crippen LogP contribution in [0.15, 0.2) is 59.7 Å². The topological polar surface area (TPSA) is 60.7 Å². The lowest BCUT2D eigenvalue weighted by atomic mass is 10.1. The van der Waals surface area contributed by atoms with Gasteiger partial charge in [-0.1, -0.05) is 23.7 Å². The van der Waals surface area contributed by atoms with Gasteiger partial charge in [-0.2, -0.15) is 0 Å². The molecule has 0 amide bonds. The van der Waals surface area contributed by atoms with E-state index in [1.807, 2.05) is 54.2 Å². The maximum atomic E-state index is 12.1. The normalized spacial score (nSPS) is 10.9. The maximum Gasteiger partial charge on any atom is 0.187 e. The molecule has 5 nitrogen and oxygen atoms in total. The molecule has 4 rings (SSSR count). The number of pyridine rings is 1. The number of hydrogen-bond donors (Lipinski definition) is 0. The Bertz CT molecular complexity index is 1090. The Labute approximate surface area is 165 Å². The molecule has 0 unspecified atom stereocenters. The van der Waals surface area contributed by atoms with Crippen LogP contribution in [-0.2, 0) is 13.5 Å². The van der Waals surface area contributed by atoms with Crippen LogP contribution >= 0.6 is 22.9 Å². The van der Waals surface area contributed by atoms with Crippen LogP contribution in [0.3, 0.4) is 0 Å². The van der Waals surface area contributed by atoms with Gasteiger partial charge in [0.1, 0.15) is 11.5 Å². The van der Waals surface area contributed by atoms with Gasteiger partial charge in [-0.05, 0) is 24.3 Å². The highest BCUT2D eigenvalue weighted by molar-refractivity contribution is 7.07. The summed E-state index contributed by atoms with van der Waals surface area (Å²) in [4.78, 5) is 25.3. The number of thiazole rings is 1. The molecule has 3 aromatic heterocycles. The van der Waals surface area contributed by atoms with Crippen molar-refractivity contribution < 1.29 is 4.79 Å². The Balaban J connectivity index is 1.56. The summed E-state index contributed by atoms with van der Waals surface area (Å²) >= 11 is 7.49. The molecule has 0 atom stereocenters. The largest absolute Gasteiger partial charge is 0.333 e. The van der Waals surface area contributed by atoms with Crippen molar-refractivity contribution in [1.82, 2.24) is 19.5 Å². The number of ketones is 1. The van der Waals surface area contributed by atoms with E-state index in [2.05, 4.69) is 9.97 Å². The minimum Gasteiger partial charge on any atom is -0.333 e. The standard InChI is InChI=1S/C20H15ClN4OS/c1-25-10-17(13-3-2-4-15(21)7-13)24-20(25)14-5-6-16(22-9-14)8-19(26)18-11-27-12-23-18/h2-7,9-12H,8H2,1H3. The van der Waals surface area contributed by atoms with Gasteiger partial charge in [-0.25, -0.2) is 9.97 Å². The lowest BCUT2D eigenvalue weighted by molar-refractivity contribution is 0.0988. The zero-order valence-electron chi connectivity index (χ0n) is 14.5. The zero-order chi connectivity index (χ0) is 18.8. The highest BCUT2D eigenvalue weighted by atomic mass is 35.5. The Hall–Kier alpha value is -2.83. The predicted molar refractivity (Wildman–Crippen MR) is 107 cm³/mol. The summed E-state index contributed by atoms with van der Waals surface area (Å²) in [5.74, 6) is 0.770. The van der Waals surface area contributed by atoms with Gasteiger partial charge in [-0.15, -0.1) is 11.3 Å². The number of rotatable bonds is 5. The fourth-order valence-corrected chi connectivity index (χ4v) is 3.53. The molecule has 0 radical (unpaired) electrons. The summed E-state index contributed by atoms with van der Waals surface area (Å²) < 4.78 is 1.95. The van der Waals surface area contributed by atoms with Crippen molar-refractivity contribution in [3.63, 3.8) is 0 Å². The molecule has 3 heterocycles. The molecule has 1 aromatic carbocycles. The lowest BCUT2D eigenvalue weighted by Gasteiger charge is -2.03. The smallest absolute Gasteiger partial charge is 0.187 e. The van der Waals surface area contributed by atoms with Crippen LogP contribution in [0.2, 0.25) is 5.02 Å². The van der Waals surface area contributed by atoms with Crippen LogP contribution in [0.25, 0.3) is 22.6 Å². The lowest BCUT2D eigenvalue weighted by Crippen LogP contribution is -2.05. The van der Waals surface area contributed by atoms with Crippen LogP contribution in [0, 0.1) is 0 Å². The molecule has 0 aliphatic heterocycles. The first kappa shape index (κ1) is 17.6. The van der Waals surface area contributed by atoms with Crippen molar-refractivity contribution in [2.45, 2.75) is 6.42 Å². The molecule has 4 aromatic rings. The van der Waals surface area contributed by atoms with Gasteiger partial charge < -0.3 is 4.57 Å². The number of carbonyl (C=O) groups is 1. The summed E-state index contributed by atoms with van der Waals surface area (Å²) in [6, 6.07) is 11.4. The molecule has 0 N–H and O–H groups in total. The molecule has 0 bridgehead atoms. The Morgan fingerprint density at radius 2 is 2.07 bits per heavy atom. The minimum absolute atomic E-state index is 0.0308. The van der Waals surface area contributed by atoms with E-state index in [0.717, 1.165) is 22.6 Å². The van der Waals surface area contributed by atoms with Gasteiger partial charge in [0.05, 0.1) is 17.6 Å². The SMILES string of the molecule is Cn1cc(-c2cccc(Cl)c2)nc1-c1ccc(CC(=O)c2cscn2)nc1. The maximum absolute atomic E-state index is 12.1. The third-order valence-corrected chi connectivity index (χ3v) is 4.96. The highest BCUT2D eigenvalue weighted by Gasteiger charge is 2.13. The second-order valence-corrected chi connectivity index (χ2v) is 7.24. The third kappa shape index (κ3) is 3.82. The Morgan fingerprint density at radius 3 is 2.78 bits per heavy atom. The molecule has 27 heavy (non-hydrogen) atoms. The molecule has 7 heteroatoms. The Morgan fingerprint density at radius 1 is 1.19 bits per heavy atom. The highest BCUT2D eigenvalue weighted by Crippen LogP contribution is 2.25. The summed E-state index contributed by atoms with van der Waals surface area (Å²) in [5.41, 5.74) is 5.54. The van der Waals surface area contributed by atoms with Crippen LogP contribution in [0.5, 0.6) is 0 Å². The van der Waals surface area contributed by atoms with E-state index in [0.29, 0.717) is 16.4 Å². The Kier molecular flexibility index (Phi) is 4.83. The number of benzene rings is 1. The fourth-order valence-electron chi connectivity index (χ4n) is 2.79. The molecule has 0 fully saturated rings. The molecular weight excluding hydrogens is 380 g/mol. The predicted octanol–water partition coefficient (Wildman–Crippen LogP) is 4.68. The van der Waals surface area contributed by atoms with Gasteiger partial charge in [-0.3, -0.25) is 9.78 Å². The van der Waals surface area contributed by atoms with Crippen LogP contribution in [0.4, 0.5) is 0 Å². The first-order valence-electron chi connectivity index (χ1n) is 8.26. The van der Waals surface area contributed by atoms with Crippen molar-refractivity contribution in [3.05, 3.63) is 76.1 Å². The monoisotopic (exact) mass is 394 g/mol. The van der Waals surface area contributed by atoms with Crippen molar-refractivity contribution in [3.8, 4) is 22.6 Å². The minimum atomic E-state index is -0.0308. The average Bonchev–Trinajstić information content (AvgIpc) is 3.32. The average molecular weight is 395 g/mol. The molecule has 0 saturated carbocycles. The third-order valence-electron chi connectivity index (χ3n) is 4.14. The van der Waals surface area contributed by atoms with Crippen molar-refractivity contribution in [2.24, 2.45) is 7.05 Å². The van der Waals surface area contributed by atoms with Gasteiger partial charge in [0, 0.05) is 46.7 Å². The number of imidazole rings is 1. The first-order valence-corrected chi connectivity index (χ1v) is 9.58. The number of nitrogens with zero attached hydrogens (tertiary/aromatic N) is 4. The quantitative estimate of drug-likeness (QED) is 0.461.